The molecule has 0 bridgehead atoms. The Hall–Kier alpha value is -3.91. The first-order chi connectivity index (χ1) is 18.1. The first-order valence-corrected chi connectivity index (χ1v) is 11.5. The van der Waals surface area contributed by atoms with Crippen molar-refractivity contribution in [2.45, 2.75) is 27.1 Å². The highest BCUT2D eigenvalue weighted by Gasteiger charge is 2.15. The number of furan rings is 1. The van der Waals surface area contributed by atoms with Gasteiger partial charge in [0.25, 0.3) is 0 Å². The highest BCUT2D eigenvalue weighted by Crippen LogP contribution is 2.38. The van der Waals surface area contributed by atoms with Crippen LogP contribution in [0.5, 0.6) is 0 Å². The third-order valence-electron chi connectivity index (χ3n) is 5.98. The van der Waals surface area contributed by atoms with Crippen molar-refractivity contribution in [1.29, 1.82) is 0 Å². The van der Waals surface area contributed by atoms with Crippen LogP contribution in [0.2, 0.25) is 0 Å². The van der Waals surface area contributed by atoms with Crippen molar-refractivity contribution in [1.82, 2.24) is 4.98 Å². The van der Waals surface area contributed by atoms with Gasteiger partial charge in [0.1, 0.15) is 11.2 Å². The van der Waals surface area contributed by atoms with Crippen LogP contribution in [-0.4, -0.2) is 4.98 Å². The van der Waals surface area contributed by atoms with Gasteiger partial charge in [0, 0.05) is 30.7 Å². The van der Waals surface area contributed by atoms with E-state index in [1.54, 1.807) is 24.4 Å². The van der Waals surface area contributed by atoms with Gasteiger partial charge in [0.2, 0.25) is 0 Å². The Labute approximate surface area is 205 Å². The van der Waals surface area contributed by atoms with Gasteiger partial charge in [-0.1, -0.05) is 87.5 Å². The molecule has 2 aromatic heterocycles. The van der Waals surface area contributed by atoms with Crippen LogP contribution in [0.1, 0.15) is 31.8 Å². The van der Waals surface area contributed by atoms with Crippen LogP contribution in [0, 0.1) is 5.41 Å². The van der Waals surface area contributed by atoms with E-state index in [1.807, 2.05) is 51.1 Å². The SMILES string of the molecule is [2H]c1cc(C([2H])([2H])C(C)(C)C)cc([2H])c1-c1ccnc(-c2cccc3c2oc2c4ccccc4ccc32)c1. The van der Waals surface area contributed by atoms with E-state index in [1.165, 1.54) is 0 Å². The molecular weight excluding hydrogens is 414 g/mol. The van der Waals surface area contributed by atoms with Crippen molar-refractivity contribution in [3.05, 3.63) is 103 Å². The molecule has 34 heavy (non-hydrogen) atoms. The van der Waals surface area contributed by atoms with Crippen LogP contribution in [-0.2, 0) is 6.37 Å². The molecule has 0 saturated heterocycles. The van der Waals surface area contributed by atoms with Crippen molar-refractivity contribution < 1.29 is 9.90 Å². The Balaban J connectivity index is 1.50. The molecule has 0 fully saturated rings. The van der Waals surface area contributed by atoms with E-state index >= 15 is 0 Å². The van der Waals surface area contributed by atoms with Crippen LogP contribution in [0.25, 0.3) is 55.1 Å². The minimum Gasteiger partial charge on any atom is -0.455 e. The Morgan fingerprint density at radius 2 is 1.56 bits per heavy atom. The Bertz CT molecular complexity index is 1840. The second kappa shape index (κ2) is 7.85. The number of aromatic nitrogens is 1. The van der Waals surface area contributed by atoms with Gasteiger partial charge in [-0.15, -0.1) is 0 Å². The molecule has 0 saturated carbocycles. The second-order valence-corrected chi connectivity index (χ2v) is 9.66. The predicted octanol–water partition coefficient (Wildman–Crippen LogP) is 9.06. The van der Waals surface area contributed by atoms with Crippen LogP contribution in [0.15, 0.2) is 102 Å². The molecule has 4 aromatic carbocycles. The monoisotopic (exact) mass is 445 g/mol. The largest absolute Gasteiger partial charge is 0.455 e. The van der Waals surface area contributed by atoms with E-state index in [4.69, 9.17) is 9.90 Å². The maximum atomic E-state index is 8.70. The second-order valence-electron chi connectivity index (χ2n) is 9.66. The number of pyridine rings is 1. The molecule has 2 nitrogen and oxygen atoms in total. The fraction of sp³-hybridized carbons (Fsp3) is 0.156. The van der Waals surface area contributed by atoms with E-state index in [9.17, 15) is 0 Å². The van der Waals surface area contributed by atoms with Gasteiger partial charge in [-0.3, -0.25) is 4.98 Å². The molecule has 0 N–H and O–H groups in total. The highest BCUT2D eigenvalue weighted by molar-refractivity contribution is 6.17. The number of para-hydroxylation sites is 1. The standard InChI is InChI=1S/C32H27NO/c1-32(2,3)20-21-11-13-22(14-12-21)24-17-18-33-29(19-24)28-10-6-9-26-27-16-15-23-7-4-5-8-25(23)30(27)34-31(26)28/h4-19H,20H2,1-3H3/i13D,14D,20D2. The summed E-state index contributed by atoms with van der Waals surface area (Å²) in [6.45, 7) is 5.47. The molecule has 2 heterocycles. The molecule has 0 unspecified atom stereocenters. The molecule has 0 aliphatic rings. The van der Waals surface area contributed by atoms with E-state index in [0.717, 1.165) is 38.3 Å². The number of nitrogens with zero attached hydrogens (tertiary/aromatic N) is 1. The molecule has 6 rings (SSSR count). The average molecular weight is 446 g/mol. The fourth-order valence-corrected chi connectivity index (χ4v) is 4.52. The zero-order chi connectivity index (χ0) is 26.8. The molecular formula is C32H27NO. The zero-order valence-corrected chi connectivity index (χ0v) is 19.4. The van der Waals surface area contributed by atoms with Crippen molar-refractivity contribution >= 4 is 32.7 Å². The molecule has 6 aromatic rings. The van der Waals surface area contributed by atoms with Crippen molar-refractivity contribution in [3.8, 4) is 22.4 Å². The summed E-state index contributed by atoms with van der Waals surface area (Å²) in [7, 11) is 0. The summed E-state index contributed by atoms with van der Waals surface area (Å²) in [6.07, 6.45) is 0.00438. The van der Waals surface area contributed by atoms with Gasteiger partial charge in [0.15, 0.2) is 0 Å². The molecule has 0 radical (unpaired) electrons. The molecule has 0 aliphatic carbocycles. The van der Waals surface area contributed by atoms with Gasteiger partial charge in [-0.2, -0.15) is 0 Å². The van der Waals surface area contributed by atoms with Crippen molar-refractivity contribution in [3.63, 3.8) is 0 Å². The predicted molar refractivity (Wildman–Crippen MR) is 143 cm³/mol. The molecule has 0 aliphatic heterocycles. The normalized spacial score (nSPS) is 14.2. The lowest BCUT2D eigenvalue weighted by atomic mass is 9.87. The van der Waals surface area contributed by atoms with E-state index in [2.05, 4.69) is 35.3 Å². The maximum absolute atomic E-state index is 8.70. The minimum atomic E-state index is -1.68. The lowest BCUT2D eigenvalue weighted by Crippen LogP contribution is -2.08. The molecule has 2 heteroatoms. The lowest BCUT2D eigenvalue weighted by Gasteiger charge is -2.18. The van der Waals surface area contributed by atoms with Crippen LogP contribution in [0.3, 0.4) is 0 Å². The Morgan fingerprint density at radius 3 is 2.38 bits per heavy atom. The van der Waals surface area contributed by atoms with Gasteiger partial charge < -0.3 is 4.42 Å². The summed E-state index contributed by atoms with van der Waals surface area (Å²) in [6, 6.07) is 25.4. The molecule has 0 spiro atoms. The van der Waals surface area contributed by atoms with Crippen LogP contribution >= 0.6 is 0 Å². The first kappa shape index (κ1) is 16.7. The first-order valence-electron chi connectivity index (χ1n) is 13.5. The summed E-state index contributed by atoms with van der Waals surface area (Å²) in [4.78, 5) is 4.62. The summed E-state index contributed by atoms with van der Waals surface area (Å²) < 4.78 is 41.1. The number of hydrogen-bond acceptors (Lipinski definition) is 2. The average Bonchev–Trinajstić information content (AvgIpc) is 3.27. The highest BCUT2D eigenvalue weighted by atomic mass is 16.3. The lowest BCUT2D eigenvalue weighted by molar-refractivity contribution is 0.411. The third kappa shape index (κ3) is 3.66. The Kier molecular flexibility index (Phi) is 3.85. The van der Waals surface area contributed by atoms with Crippen LogP contribution < -0.4 is 0 Å². The Morgan fingerprint density at radius 1 is 0.794 bits per heavy atom. The summed E-state index contributed by atoms with van der Waals surface area (Å²) in [5, 5.41) is 4.22. The van der Waals surface area contributed by atoms with E-state index < -0.39 is 11.8 Å². The third-order valence-corrected chi connectivity index (χ3v) is 5.98. The topological polar surface area (TPSA) is 26.0 Å². The zero-order valence-electron chi connectivity index (χ0n) is 23.4. The number of hydrogen-bond donors (Lipinski definition) is 0. The summed E-state index contributed by atoms with van der Waals surface area (Å²) in [5.74, 6) is 0. The van der Waals surface area contributed by atoms with Gasteiger partial charge in [-0.25, -0.2) is 0 Å². The minimum absolute atomic E-state index is 0.117. The summed E-state index contributed by atoms with van der Waals surface area (Å²) >= 11 is 0. The fourth-order valence-electron chi connectivity index (χ4n) is 4.52. The number of fused-ring (bicyclic) bond motifs is 5. The van der Waals surface area contributed by atoms with E-state index in [0.29, 0.717) is 22.4 Å². The number of rotatable bonds is 3. The number of benzene rings is 4. The van der Waals surface area contributed by atoms with Gasteiger partial charge >= 0.3 is 0 Å². The van der Waals surface area contributed by atoms with Crippen molar-refractivity contribution in [2.75, 3.05) is 0 Å². The quantitative estimate of drug-likeness (QED) is 0.271. The maximum Gasteiger partial charge on any atom is 0.144 e. The van der Waals surface area contributed by atoms with Crippen LogP contribution in [0.4, 0.5) is 0 Å². The van der Waals surface area contributed by atoms with E-state index in [-0.39, 0.29) is 12.1 Å². The molecule has 0 atom stereocenters. The molecule has 166 valence electrons. The van der Waals surface area contributed by atoms with Gasteiger partial charge in [-0.05, 0) is 58.1 Å². The summed E-state index contributed by atoms with van der Waals surface area (Å²) in [5.41, 5.74) is 3.91. The molecule has 0 amide bonds. The smallest absolute Gasteiger partial charge is 0.144 e. The van der Waals surface area contributed by atoms with Gasteiger partial charge in [0.05, 0.1) is 8.44 Å². The van der Waals surface area contributed by atoms with Crippen molar-refractivity contribution in [2.24, 2.45) is 5.41 Å².